The topological polar surface area (TPSA) is 44.9 Å². The van der Waals surface area contributed by atoms with Crippen LogP contribution in [-0.2, 0) is 0 Å². The number of fused-ring (bicyclic) bond motifs is 3. The van der Waals surface area contributed by atoms with Gasteiger partial charge in [-0.05, 0) is 83.8 Å². The summed E-state index contributed by atoms with van der Waals surface area (Å²) in [5, 5.41) is 7.65. The predicted octanol–water partition coefficient (Wildman–Crippen LogP) is 11.5. The fourth-order valence-corrected chi connectivity index (χ4v) is 6.64. The first kappa shape index (κ1) is 30.5. The molecule has 7 rings (SSSR count). The van der Waals surface area contributed by atoms with Crippen LogP contribution in [0.25, 0.3) is 44.4 Å². The van der Waals surface area contributed by atoms with E-state index in [1.807, 2.05) is 12.3 Å². The number of para-hydroxylation sites is 1. The molecule has 0 saturated heterocycles. The minimum atomic E-state index is 0.261. The Hall–Kier alpha value is -5.16. The summed E-state index contributed by atoms with van der Waals surface area (Å²) >= 11 is 0. The lowest BCUT2D eigenvalue weighted by molar-refractivity contribution is 0.481. The van der Waals surface area contributed by atoms with Crippen LogP contribution in [0.5, 0.6) is 11.5 Å². The summed E-state index contributed by atoms with van der Waals surface area (Å²) in [7, 11) is 0. The van der Waals surface area contributed by atoms with Crippen molar-refractivity contribution in [2.24, 2.45) is 0 Å². The van der Waals surface area contributed by atoms with Gasteiger partial charge in [0.15, 0.2) is 0 Å². The summed E-state index contributed by atoms with van der Waals surface area (Å²) < 4.78 is 11.1. The molecule has 0 fully saturated rings. The van der Waals surface area contributed by atoms with E-state index >= 15 is 0 Å². The van der Waals surface area contributed by atoms with E-state index in [9.17, 15) is 0 Å². The van der Waals surface area contributed by atoms with Gasteiger partial charge in [-0.25, -0.2) is 9.67 Å². The van der Waals surface area contributed by atoms with Gasteiger partial charge in [0.2, 0.25) is 0 Å². The molecule has 0 spiro atoms. The van der Waals surface area contributed by atoms with E-state index in [1.54, 1.807) is 0 Å². The van der Waals surface area contributed by atoms with Crippen molar-refractivity contribution >= 4 is 21.8 Å². The van der Waals surface area contributed by atoms with E-state index in [0.29, 0.717) is 5.92 Å². The molecule has 0 aliphatic carbocycles. The second kappa shape index (κ2) is 12.2. The summed E-state index contributed by atoms with van der Waals surface area (Å²) in [5.74, 6) is 3.31. The third kappa shape index (κ3) is 5.61. The van der Waals surface area contributed by atoms with Gasteiger partial charge >= 0.3 is 0 Å². The molecule has 0 N–H and O–H groups in total. The number of benzene rings is 4. The van der Waals surface area contributed by atoms with E-state index in [0.717, 1.165) is 39.7 Å². The lowest BCUT2D eigenvalue weighted by Gasteiger charge is -2.17. The molecule has 0 bridgehead atoms. The van der Waals surface area contributed by atoms with E-state index in [1.165, 1.54) is 38.7 Å². The highest BCUT2D eigenvalue weighted by molar-refractivity contribution is 6.09. The number of ether oxygens (including phenoxy) is 1. The molecule has 5 heteroatoms. The average molecular weight is 619 g/mol. The number of pyridine rings is 1. The molecule has 0 radical (unpaired) electrons. The van der Waals surface area contributed by atoms with Gasteiger partial charge in [-0.2, -0.15) is 5.10 Å². The normalized spacial score (nSPS) is 11.9. The van der Waals surface area contributed by atoms with Gasteiger partial charge in [0, 0.05) is 34.7 Å². The highest BCUT2D eigenvalue weighted by Gasteiger charge is 2.25. The van der Waals surface area contributed by atoms with Gasteiger partial charge in [0.1, 0.15) is 17.3 Å². The first-order valence-electron chi connectivity index (χ1n) is 16.7. The fraction of sp³-hybridized carbons (Fsp3) is 0.238. The lowest BCUT2D eigenvalue weighted by Crippen LogP contribution is -2.06. The summed E-state index contributed by atoms with van der Waals surface area (Å²) in [5.41, 5.74) is 10.3. The van der Waals surface area contributed by atoms with Crippen molar-refractivity contribution in [2.75, 3.05) is 0 Å². The van der Waals surface area contributed by atoms with Crippen molar-refractivity contribution in [2.45, 2.75) is 66.2 Å². The van der Waals surface area contributed by atoms with Gasteiger partial charge < -0.3 is 4.74 Å². The summed E-state index contributed by atoms with van der Waals surface area (Å²) in [4.78, 5) is 4.75. The van der Waals surface area contributed by atoms with Crippen LogP contribution >= 0.6 is 0 Å². The molecule has 0 unspecified atom stereocenters. The Morgan fingerprint density at radius 3 is 2.11 bits per heavy atom. The van der Waals surface area contributed by atoms with Crippen molar-refractivity contribution in [1.82, 2.24) is 19.3 Å². The Morgan fingerprint density at radius 1 is 0.638 bits per heavy atom. The van der Waals surface area contributed by atoms with Crippen LogP contribution in [0.4, 0.5) is 0 Å². The Bertz CT molecular complexity index is 2220. The van der Waals surface area contributed by atoms with Crippen LogP contribution in [0.3, 0.4) is 0 Å². The Balaban J connectivity index is 1.38. The molecule has 236 valence electrons. The molecule has 4 aromatic carbocycles. The number of aryl methyl sites for hydroxylation is 1. The number of aromatic nitrogens is 4. The van der Waals surface area contributed by atoms with Crippen molar-refractivity contribution in [3.63, 3.8) is 0 Å². The van der Waals surface area contributed by atoms with E-state index < -0.39 is 0 Å². The quantitative estimate of drug-likeness (QED) is 0.170. The van der Waals surface area contributed by atoms with E-state index in [-0.39, 0.29) is 11.8 Å². The highest BCUT2D eigenvalue weighted by atomic mass is 16.5. The van der Waals surface area contributed by atoms with Crippen molar-refractivity contribution in [3.8, 4) is 34.1 Å². The van der Waals surface area contributed by atoms with Gasteiger partial charge in [-0.3, -0.25) is 4.57 Å². The molecular weight excluding hydrogens is 576 g/mol. The summed E-state index contributed by atoms with van der Waals surface area (Å²) in [6, 6.07) is 36.3. The molecule has 3 aromatic heterocycles. The van der Waals surface area contributed by atoms with Crippen LogP contribution in [0.15, 0.2) is 109 Å². The third-order valence-electron chi connectivity index (χ3n) is 8.94. The lowest BCUT2D eigenvalue weighted by atomic mass is 9.93. The van der Waals surface area contributed by atoms with E-state index in [2.05, 4.69) is 155 Å². The maximum atomic E-state index is 6.74. The number of nitrogens with zero attached hydrogens (tertiary/aromatic N) is 4. The molecular formula is C42H42N4O. The van der Waals surface area contributed by atoms with Crippen LogP contribution in [0.1, 0.15) is 81.8 Å². The second-order valence-electron chi connectivity index (χ2n) is 13.5. The minimum absolute atomic E-state index is 0.261. The van der Waals surface area contributed by atoms with Crippen molar-refractivity contribution in [1.29, 1.82) is 0 Å². The van der Waals surface area contributed by atoms with Crippen LogP contribution in [0, 0.1) is 6.92 Å². The maximum absolute atomic E-state index is 6.74. The maximum Gasteiger partial charge on any atom is 0.137 e. The summed E-state index contributed by atoms with van der Waals surface area (Å²) in [6.45, 7) is 15.5. The zero-order valence-electron chi connectivity index (χ0n) is 28.3. The Morgan fingerprint density at radius 2 is 1.38 bits per heavy atom. The van der Waals surface area contributed by atoms with E-state index in [4.69, 9.17) is 14.8 Å². The molecule has 0 aliphatic heterocycles. The smallest absolute Gasteiger partial charge is 0.137 e. The van der Waals surface area contributed by atoms with Crippen LogP contribution in [0.2, 0.25) is 0 Å². The van der Waals surface area contributed by atoms with Gasteiger partial charge in [0.25, 0.3) is 0 Å². The fourth-order valence-electron chi connectivity index (χ4n) is 6.64. The number of rotatable bonds is 8. The zero-order valence-corrected chi connectivity index (χ0v) is 28.3. The van der Waals surface area contributed by atoms with Gasteiger partial charge in [-0.1, -0.05) is 90.1 Å². The molecule has 0 saturated carbocycles. The molecule has 0 atom stereocenters. The SMILES string of the molecule is Cc1ccnc(-n2c3ccccc3c3ccc(Oc4cc(C(C)C)cc(-n5nc(C(C)C)c(-c6ccccc6)c5C(C)C)c4)cc32)c1. The predicted molar refractivity (Wildman–Crippen MR) is 195 cm³/mol. The second-order valence-corrected chi connectivity index (χ2v) is 13.5. The molecule has 0 amide bonds. The van der Waals surface area contributed by atoms with Gasteiger partial charge in [0.05, 0.1) is 28.1 Å². The monoisotopic (exact) mass is 618 g/mol. The largest absolute Gasteiger partial charge is 0.457 e. The molecule has 3 heterocycles. The molecule has 7 aromatic rings. The number of hydrogen-bond donors (Lipinski definition) is 0. The number of hydrogen-bond acceptors (Lipinski definition) is 3. The van der Waals surface area contributed by atoms with Crippen molar-refractivity contribution < 1.29 is 4.74 Å². The molecule has 47 heavy (non-hydrogen) atoms. The standard InChI is InChI=1S/C42H42N4O/c1-26(2)31-22-32(46-42(28(5)6)40(41(44-46)27(3)4)30-13-9-8-10-14-30)24-34(23-31)47-33-17-18-36-35-15-11-12-16-37(35)45(38(36)25-33)39-21-29(7)19-20-43-39/h8-28H,1-7H3. The zero-order chi connectivity index (χ0) is 32.8. The molecule has 0 aliphatic rings. The van der Waals surface area contributed by atoms with Crippen LogP contribution in [-0.4, -0.2) is 19.3 Å². The Labute approximate surface area is 277 Å². The first-order chi connectivity index (χ1) is 22.7. The van der Waals surface area contributed by atoms with Crippen molar-refractivity contribution in [3.05, 3.63) is 132 Å². The van der Waals surface area contributed by atoms with Crippen LogP contribution < -0.4 is 4.74 Å². The molecule has 5 nitrogen and oxygen atoms in total. The third-order valence-corrected chi connectivity index (χ3v) is 8.94. The summed E-state index contributed by atoms with van der Waals surface area (Å²) in [6.07, 6.45) is 1.87. The average Bonchev–Trinajstić information content (AvgIpc) is 3.62. The highest BCUT2D eigenvalue weighted by Crippen LogP contribution is 2.40. The Kier molecular flexibility index (Phi) is 7.93. The van der Waals surface area contributed by atoms with Gasteiger partial charge in [-0.15, -0.1) is 0 Å². The first-order valence-corrected chi connectivity index (χ1v) is 16.7. The minimum Gasteiger partial charge on any atom is -0.457 e.